The number of piperidine rings is 1. The molecule has 2 aliphatic rings. The molecule has 4 rings (SSSR count). The third-order valence-corrected chi connectivity index (χ3v) is 5.02. The van der Waals surface area contributed by atoms with Crippen molar-refractivity contribution in [2.24, 2.45) is 0 Å². The van der Waals surface area contributed by atoms with Gasteiger partial charge in [0.15, 0.2) is 0 Å². The van der Waals surface area contributed by atoms with Crippen LogP contribution in [0, 0.1) is 6.92 Å². The molecule has 0 aliphatic carbocycles. The van der Waals surface area contributed by atoms with Gasteiger partial charge in [-0.05, 0) is 31.9 Å². The number of amides is 1. The summed E-state index contributed by atoms with van der Waals surface area (Å²) in [5.74, 6) is 1.31. The highest BCUT2D eigenvalue weighted by atomic mass is 16.5. The molecule has 2 aromatic rings. The number of nitrogens with zero attached hydrogens (tertiary/aromatic N) is 3. The van der Waals surface area contributed by atoms with Crippen LogP contribution >= 0.6 is 0 Å². The predicted molar refractivity (Wildman–Crippen MR) is 91.3 cm³/mol. The third kappa shape index (κ3) is 3.24. The smallest absolute Gasteiger partial charge is 0.257 e. The second kappa shape index (κ2) is 6.48. The van der Waals surface area contributed by atoms with Crippen LogP contribution in [0.5, 0.6) is 0 Å². The summed E-state index contributed by atoms with van der Waals surface area (Å²) in [4.78, 5) is 23.1. The first-order valence-electron chi connectivity index (χ1n) is 8.66. The van der Waals surface area contributed by atoms with Gasteiger partial charge >= 0.3 is 0 Å². The number of ether oxygens (including phenoxy) is 1. The Morgan fingerprint density at radius 1 is 1.40 bits per heavy atom. The molecule has 2 aliphatic heterocycles. The molecule has 0 radical (unpaired) electrons. The summed E-state index contributed by atoms with van der Waals surface area (Å²) in [7, 11) is 0. The Labute approximate surface area is 146 Å². The first-order chi connectivity index (χ1) is 12.2. The third-order valence-electron chi connectivity index (χ3n) is 5.02. The molecule has 0 unspecified atom stereocenters. The SMILES string of the molecule is Cc1occc1C(=O)N1CCC[C@@]2(C[C@@H](Nc3ncccn3)CO2)C1. The lowest BCUT2D eigenvalue weighted by Crippen LogP contribution is -2.50. The van der Waals surface area contributed by atoms with E-state index in [1.54, 1.807) is 30.8 Å². The number of carbonyl (C=O) groups is 1. The number of hydrogen-bond donors (Lipinski definition) is 1. The fraction of sp³-hybridized carbons (Fsp3) is 0.500. The minimum absolute atomic E-state index is 0.0247. The van der Waals surface area contributed by atoms with E-state index in [1.807, 2.05) is 11.8 Å². The van der Waals surface area contributed by atoms with Gasteiger partial charge in [0.1, 0.15) is 5.76 Å². The van der Waals surface area contributed by atoms with Gasteiger partial charge in [-0.1, -0.05) is 0 Å². The van der Waals surface area contributed by atoms with Crippen LogP contribution in [-0.2, 0) is 4.74 Å². The second-order valence-corrected chi connectivity index (χ2v) is 6.83. The van der Waals surface area contributed by atoms with Crippen molar-refractivity contribution in [1.82, 2.24) is 14.9 Å². The molecule has 7 heteroatoms. The lowest BCUT2D eigenvalue weighted by atomic mass is 9.88. The minimum atomic E-state index is -0.280. The summed E-state index contributed by atoms with van der Waals surface area (Å²) in [6.45, 7) is 3.79. The zero-order valence-electron chi connectivity index (χ0n) is 14.3. The Hall–Kier alpha value is -2.41. The molecular weight excluding hydrogens is 320 g/mol. The van der Waals surface area contributed by atoms with Gasteiger partial charge in [-0.2, -0.15) is 0 Å². The molecule has 1 N–H and O–H groups in total. The summed E-state index contributed by atoms with van der Waals surface area (Å²) in [5, 5.41) is 3.33. The summed E-state index contributed by atoms with van der Waals surface area (Å²) >= 11 is 0. The molecule has 1 spiro atoms. The number of anilines is 1. The Kier molecular flexibility index (Phi) is 4.17. The first kappa shape index (κ1) is 16.1. The van der Waals surface area contributed by atoms with Gasteiger partial charge in [0.25, 0.3) is 5.91 Å². The van der Waals surface area contributed by atoms with Crippen LogP contribution in [0.15, 0.2) is 35.2 Å². The van der Waals surface area contributed by atoms with Gasteiger partial charge in [-0.3, -0.25) is 4.79 Å². The zero-order chi connectivity index (χ0) is 17.3. The lowest BCUT2D eigenvalue weighted by molar-refractivity contribution is -0.0447. The van der Waals surface area contributed by atoms with Crippen molar-refractivity contribution in [3.8, 4) is 0 Å². The van der Waals surface area contributed by atoms with Crippen LogP contribution in [0.4, 0.5) is 5.95 Å². The van der Waals surface area contributed by atoms with Crippen LogP contribution in [0.1, 0.15) is 35.4 Å². The van der Waals surface area contributed by atoms with Crippen LogP contribution in [-0.4, -0.2) is 52.1 Å². The fourth-order valence-electron chi connectivity index (χ4n) is 3.83. The van der Waals surface area contributed by atoms with Crippen LogP contribution < -0.4 is 5.32 Å². The molecule has 0 aromatic carbocycles. The number of likely N-dealkylation sites (tertiary alicyclic amines) is 1. The van der Waals surface area contributed by atoms with E-state index in [0.29, 0.717) is 30.4 Å². The molecule has 0 bridgehead atoms. The average Bonchev–Trinajstić information content (AvgIpc) is 3.22. The van der Waals surface area contributed by atoms with Crippen molar-refractivity contribution in [3.63, 3.8) is 0 Å². The van der Waals surface area contributed by atoms with Crippen molar-refractivity contribution < 1.29 is 13.9 Å². The monoisotopic (exact) mass is 342 g/mol. The van der Waals surface area contributed by atoms with E-state index in [-0.39, 0.29) is 17.6 Å². The van der Waals surface area contributed by atoms with Gasteiger partial charge in [0.2, 0.25) is 5.95 Å². The quantitative estimate of drug-likeness (QED) is 0.921. The molecule has 1 amide bonds. The van der Waals surface area contributed by atoms with E-state index in [9.17, 15) is 4.79 Å². The zero-order valence-corrected chi connectivity index (χ0v) is 14.3. The molecule has 4 heterocycles. The highest BCUT2D eigenvalue weighted by molar-refractivity contribution is 5.95. The second-order valence-electron chi connectivity index (χ2n) is 6.83. The number of aromatic nitrogens is 2. The standard InChI is InChI=1S/C18H22N4O3/c1-13-15(4-9-24-13)16(23)22-8-2-5-18(12-22)10-14(11-25-18)21-17-19-6-3-7-20-17/h3-4,6-7,9,14H,2,5,8,10-12H2,1H3,(H,19,20,21)/t14-,18-/m1/s1. The van der Waals surface area contributed by atoms with Crippen molar-refractivity contribution in [2.45, 2.75) is 37.8 Å². The number of rotatable bonds is 3. The summed E-state index contributed by atoms with van der Waals surface area (Å²) in [5.41, 5.74) is 0.361. The van der Waals surface area contributed by atoms with Crippen LogP contribution in [0.3, 0.4) is 0 Å². The molecule has 2 atom stereocenters. The number of hydrogen-bond acceptors (Lipinski definition) is 6. The van der Waals surface area contributed by atoms with Crippen LogP contribution in [0.2, 0.25) is 0 Å². The highest BCUT2D eigenvalue weighted by Gasteiger charge is 2.45. The fourth-order valence-corrected chi connectivity index (χ4v) is 3.83. The molecule has 132 valence electrons. The van der Waals surface area contributed by atoms with Crippen molar-refractivity contribution >= 4 is 11.9 Å². The molecular formula is C18H22N4O3. The predicted octanol–water partition coefficient (Wildman–Crippen LogP) is 2.25. The molecule has 0 saturated carbocycles. The van der Waals surface area contributed by atoms with Crippen molar-refractivity contribution in [2.75, 3.05) is 25.0 Å². The Morgan fingerprint density at radius 3 is 3.00 bits per heavy atom. The maximum atomic E-state index is 12.8. The van der Waals surface area contributed by atoms with Gasteiger partial charge < -0.3 is 19.4 Å². The average molecular weight is 342 g/mol. The first-order valence-corrected chi connectivity index (χ1v) is 8.66. The summed E-state index contributed by atoms with van der Waals surface area (Å²) in [6, 6.07) is 3.69. The van der Waals surface area contributed by atoms with E-state index < -0.39 is 0 Å². The number of nitrogens with one attached hydrogen (secondary N) is 1. The normalized spacial score (nSPS) is 26.1. The summed E-state index contributed by atoms with van der Waals surface area (Å²) < 4.78 is 11.4. The maximum absolute atomic E-state index is 12.8. The molecule has 25 heavy (non-hydrogen) atoms. The van der Waals surface area contributed by atoms with Gasteiger partial charge in [-0.15, -0.1) is 0 Å². The van der Waals surface area contributed by atoms with E-state index in [1.165, 1.54) is 0 Å². The van der Waals surface area contributed by atoms with E-state index in [2.05, 4.69) is 15.3 Å². The maximum Gasteiger partial charge on any atom is 0.257 e. The number of carbonyl (C=O) groups excluding carboxylic acids is 1. The van der Waals surface area contributed by atoms with E-state index in [4.69, 9.17) is 9.15 Å². The highest BCUT2D eigenvalue weighted by Crippen LogP contribution is 2.36. The minimum Gasteiger partial charge on any atom is -0.469 e. The summed E-state index contributed by atoms with van der Waals surface area (Å²) in [6.07, 6.45) is 7.75. The molecule has 7 nitrogen and oxygen atoms in total. The van der Waals surface area contributed by atoms with Crippen molar-refractivity contribution in [1.29, 1.82) is 0 Å². The number of aryl methyl sites for hydroxylation is 1. The van der Waals surface area contributed by atoms with Crippen molar-refractivity contribution in [3.05, 3.63) is 42.1 Å². The lowest BCUT2D eigenvalue weighted by Gasteiger charge is -2.39. The molecule has 2 saturated heterocycles. The number of furan rings is 1. The van der Waals surface area contributed by atoms with Gasteiger partial charge in [0, 0.05) is 25.4 Å². The Bertz CT molecular complexity index is 748. The van der Waals surface area contributed by atoms with Gasteiger partial charge in [-0.25, -0.2) is 9.97 Å². The van der Waals surface area contributed by atoms with E-state index >= 15 is 0 Å². The Morgan fingerprint density at radius 2 is 2.24 bits per heavy atom. The molecule has 2 aromatic heterocycles. The topological polar surface area (TPSA) is 80.5 Å². The Balaban J connectivity index is 1.42. The van der Waals surface area contributed by atoms with E-state index in [0.717, 1.165) is 25.8 Å². The largest absolute Gasteiger partial charge is 0.469 e. The van der Waals surface area contributed by atoms with Crippen LogP contribution in [0.25, 0.3) is 0 Å². The van der Waals surface area contributed by atoms with Gasteiger partial charge in [0.05, 0.1) is 36.6 Å². The molecule has 2 fully saturated rings.